The van der Waals surface area contributed by atoms with Crippen molar-refractivity contribution in [3.05, 3.63) is 30.1 Å². The van der Waals surface area contributed by atoms with Gasteiger partial charge in [-0.3, -0.25) is 4.79 Å². The van der Waals surface area contributed by atoms with Crippen LogP contribution in [0.1, 0.15) is 38.2 Å². The predicted molar refractivity (Wildman–Crippen MR) is 91.9 cm³/mol. The summed E-state index contributed by atoms with van der Waals surface area (Å²) in [6.07, 6.45) is 6.34. The molecular formula is C17H24N6O. The van der Waals surface area contributed by atoms with Gasteiger partial charge in [0, 0.05) is 11.7 Å². The molecule has 2 atom stereocenters. The fourth-order valence-corrected chi connectivity index (χ4v) is 3.26. The van der Waals surface area contributed by atoms with Crippen LogP contribution in [0, 0.1) is 12.8 Å². The van der Waals surface area contributed by atoms with Crippen LogP contribution in [0.25, 0.3) is 5.69 Å². The molecule has 0 aliphatic heterocycles. The van der Waals surface area contributed by atoms with Crippen molar-refractivity contribution in [2.24, 2.45) is 5.92 Å². The highest BCUT2D eigenvalue weighted by Crippen LogP contribution is 2.23. The minimum absolute atomic E-state index is 0.0518. The van der Waals surface area contributed by atoms with Crippen molar-refractivity contribution >= 4 is 11.6 Å². The highest BCUT2D eigenvalue weighted by atomic mass is 16.2. The third kappa shape index (κ3) is 3.90. The Balaban J connectivity index is 1.54. The average Bonchev–Trinajstić information content (AvgIpc) is 3.09. The number of carbonyl (C=O) groups is 1. The minimum atomic E-state index is 0.0518. The fraction of sp³-hybridized carbons (Fsp3) is 0.529. The first kappa shape index (κ1) is 16.4. The number of amides is 1. The molecule has 1 aliphatic rings. The molecule has 0 radical (unpaired) electrons. The second-order valence-corrected chi connectivity index (χ2v) is 6.54. The van der Waals surface area contributed by atoms with Gasteiger partial charge in [0.1, 0.15) is 6.33 Å². The van der Waals surface area contributed by atoms with E-state index in [0.29, 0.717) is 12.0 Å². The van der Waals surface area contributed by atoms with Gasteiger partial charge in [-0.25, -0.2) is 4.68 Å². The van der Waals surface area contributed by atoms with E-state index in [2.05, 4.69) is 33.1 Å². The summed E-state index contributed by atoms with van der Waals surface area (Å²) in [5.41, 5.74) is 2.87. The molecule has 7 nitrogen and oxygen atoms in total. The molecule has 128 valence electrons. The van der Waals surface area contributed by atoms with Crippen LogP contribution in [-0.2, 0) is 4.79 Å². The summed E-state index contributed by atoms with van der Waals surface area (Å²) < 4.78 is 1.62. The van der Waals surface area contributed by atoms with Gasteiger partial charge in [-0.15, -0.1) is 5.10 Å². The molecule has 1 heterocycles. The summed E-state index contributed by atoms with van der Waals surface area (Å²) >= 11 is 0. The Labute approximate surface area is 141 Å². The van der Waals surface area contributed by atoms with Crippen LogP contribution in [0.4, 0.5) is 5.69 Å². The van der Waals surface area contributed by atoms with E-state index in [1.165, 1.54) is 19.3 Å². The number of anilines is 1. The van der Waals surface area contributed by atoms with Gasteiger partial charge in [0.2, 0.25) is 5.91 Å². The molecular weight excluding hydrogens is 304 g/mol. The van der Waals surface area contributed by atoms with Gasteiger partial charge in [0.15, 0.2) is 0 Å². The number of aromatic nitrogens is 4. The van der Waals surface area contributed by atoms with E-state index in [-0.39, 0.29) is 12.5 Å². The predicted octanol–water partition coefficient (Wildman–Crippen LogP) is 2.08. The number of rotatable bonds is 5. The third-order valence-corrected chi connectivity index (χ3v) is 4.70. The van der Waals surface area contributed by atoms with E-state index in [4.69, 9.17) is 0 Å². The highest BCUT2D eigenvalue weighted by Gasteiger charge is 2.22. The standard InChI is InChI=1S/C17H24N6O/c1-12-5-3-4-6-15(12)20-17(24)10-18-14-7-8-16(13(2)9-14)23-11-19-21-22-23/h7-9,11-12,15,18H,3-6,10H2,1-2H3,(H,20,24). The van der Waals surface area contributed by atoms with E-state index in [1.54, 1.807) is 11.0 Å². The number of nitrogens with one attached hydrogen (secondary N) is 2. The Morgan fingerprint density at radius 3 is 2.88 bits per heavy atom. The zero-order chi connectivity index (χ0) is 16.9. The van der Waals surface area contributed by atoms with Crippen molar-refractivity contribution in [2.45, 2.75) is 45.6 Å². The smallest absolute Gasteiger partial charge is 0.239 e. The van der Waals surface area contributed by atoms with Gasteiger partial charge in [-0.2, -0.15) is 0 Å². The van der Waals surface area contributed by atoms with Crippen molar-refractivity contribution in [3.8, 4) is 5.69 Å². The lowest BCUT2D eigenvalue weighted by molar-refractivity contribution is -0.120. The SMILES string of the molecule is Cc1cc(NCC(=O)NC2CCCCC2C)ccc1-n1cnnn1. The lowest BCUT2D eigenvalue weighted by Gasteiger charge is -2.29. The Hall–Kier alpha value is -2.44. The molecule has 24 heavy (non-hydrogen) atoms. The lowest BCUT2D eigenvalue weighted by Crippen LogP contribution is -2.43. The quantitative estimate of drug-likeness (QED) is 0.878. The first-order valence-corrected chi connectivity index (χ1v) is 8.51. The van der Waals surface area contributed by atoms with Crippen LogP contribution in [0.3, 0.4) is 0 Å². The number of tetrazole rings is 1. The molecule has 0 bridgehead atoms. The van der Waals surface area contributed by atoms with Gasteiger partial charge in [0.05, 0.1) is 12.2 Å². The van der Waals surface area contributed by atoms with Gasteiger partial charge in [0.25, 0.3) is 0 Å². The van der Waals surface area contributed by atoms with Crippen molar-refractivity contribution in [1.82, 2.24) is 25.5 Å². The molecule has 1 aromatic carbocycles. The van der Waals surface area contributed by atoms with Crippen LogP contribution in [0.15, 0.2) is 24.5 Å². The van der Waals surface area contributed by atoms with Gasteiger partial charge in [-0.05, 0) is 59.9 Å². The average molecular weight is 328 g/mol. The van der Waals surface area contributed by atoms with Crippen LogP contribution in [0.5, 0.6) is 0 Å². The zero-order valence-electron chi connectivity index (χ0n) is 14.2. The molecule has 0 spiro atoms. The molecule has 2 N–H and O–H groups in total. The summed E-state index contributed by atoms with van der Waals surface area (Å²) in [5, 5.41) is 17.5. The molecule has 2 unspecified atom stereocenters. The molecule has 7 heteroatoms. The highest BCUT2D eigenvalue weighted by molar-refractivity contribution is 5.81. The largest absolute Gasteiger partial charge is 0.376 e. The lowest BCUT2D eigenvalue weighted by atomic mass is 9.86. The number of aryl methyl sites for hydroxylation is 1. The maximum atomic E-state index is 12.2. The van der Waals surface area contributed by atoms with E-state index < -0.39 is 0 Å². The van der Waals surface area contributed by atoms with Crippen LogP contribution in [0.2, 0.25) is 0 Å². The van der Waals surface area contributed by atoms with Gasteiger partial charge < -0.3 is 10.6 Å². The maximum Gasteiger partial charge on any atom is 0.239 e. The first-order chi connectivity index (χ1) is 11.6. The maximum absolute atomic E-state index is 12.2. The zero-order valence-corrected chi connectivity index (χ0v) is 14.2. The van der Waals surface area contributed by atoms with Crippen molar-refractivity contribution < 1.29 is 4.79 Å². The van der Waals surface area contributed by atoms with E-state index in [9.17, 15) is 4.79 Å². The van der Waals surface area contributed by atoms with E-state index in [1.807, 2.05) is 25.1 Å². The second kappa shape index (κ2) is 7.42. The fourth-order valence-electron chi connectivity index (χ4n) is 3.26. The van der Waals surface area contributed by atoms with E-state index in [0.717, 1.165) is 23.4 Å². The van der Waals surface area contributed by atoms with Crippen molar-refractivity contribution in [3.63, 3.8) is 0 Å². The van der Waals surface area contributed by atoms with Crippen LogP contribution < -0.4 is 10.6 Å². The van der Waals surface area contributed by atoms with Crippen molar-refractivity contribution in [1.29, 1.82) is 0 Å². The molecule has 1 fully saturated rings. The monoisotopic (exact) mass is 328 g/mol. The first-order valence-electron chi connectivity index (χ1n) is 8.51. The third-order valence-electron chi connectivity index (χ3n) is 4.70. The van der Waals surface area contributed by atoms with Crippen LogP contribution in [-0.4, -0.2) is 38.7 Å². The number of hydrogen-bond donors (Lipinski definition) is 2. The van der Waals surface area contributed by atoms with Crippen LogP contribution >= 0.6 is 0 Å². The van der Waals surface area contributed by atoms with Gasteiger partial charge >= 0.3 is 0 Å². The Kier molecular flexibility index (Phi) is 5.08. The van der Waals surface area contributed by atoms with Crippen molar-refractivity contribution in [2.75, 3.05) is 11.9 Å². The van der Waals surface area contributed by atoms with E-state index >= 15 is 0 Å². The molecule has 1 aliphatic carbocycles. The minimum Gasteiger partial charge on any atom is -0.376 e. The topological polar surface area (TPSA) is 84.7 Å². The molecule has 1 aromatic heterocycles. The Morgan fingerprint density at radius 2 is 2.17 bits per heavy atom. The Bertz CT molecular complexity index is 684. The second-order valence-electron chi connectivity index (χ2n) is 6.54. The molecule has 1 amide bonds. The number of hydrogen-bond acceptors (Lipinski definition) is 5. The Morgan fingerprint density at radius 1 is 1.33 bits per heavy atom. The molecule has 3 rings (SSSR count). The summed E-state index contributed by atoms with van der Waals surface area (Å²) in [7, 11) is 0. The number of benzene rings is 1. The summed E-state index contributed by atoms with van der Waals surface area (Å²) in [4.78, 5) is 12.2. The number of carbonyl (C=O) groups excluding carboxylic acids is 1. The molecule has 0 saturated heterocycles. The molecule has 1 saturated carbocycles. The normalized spacial score (nSPS) is 20.6. The summed E-state index contributed by atoms with van der Waals surface area (Å²) in [5.74, 6) is 0.622. The number of nitrogens with zero attached hydrogens (tertiary/aromatic N) is 4. The van der Waals surface area contributed by atoms with Gasteiger partial charge in [-0.1, -0.05) is 19.8 Å². The summed E-state index contributed by atoms with van der Waals surface area (Å²) in [6, 6.07) is 6.18. The molecule has 2 aromatic rings. The summed E-state index contributed by atoms with van der Waals surface area (Å²) in [6.45, 7) is 4.50.